The highest BCUT2D eigenvalue weighted by atomic mass is 32.2. The van der Waals surface area contributed by atoms with E-state index in [0.29, 0.717) is 0 Å². The van der Waals surface area contributed by atoms with Crippen LogP contribution in [0.3, 0.4) is 0 Å². The van der Waals surface area contributed by atoms with E-state index in [0.717, 1.165) is 50.5 Å². The molecule has 2 aliphatic heterocycles. The number of fused-ring (bicyclic) bond motifs is 27. The summed E-state index contributed by atoms with van der Waals surface area (Å²) in [4.78, 5) is 10.4. The van der Waals surface area contributed by atoms with E-state index < -0.39 is 10.8 Å². The normalized spacial score (nSPS) is 14.6. The van der Waals surface area contributed by atoms with Crippen LogP contribution in [0.25, 0.3) is 144 Å². The molecule has 23 rings (SSSR count). The Morgan fingerprint density at radius 1 is 0.245 bits per heavy atom. The molecule has 5 heteroatoms. The van der Waals surface area contributed by atoms with Crippen molar-refractivity contribution >= 4 is 77.9 Å². The van der Waals surface area contributed by atoms with Gasteiger partial charge in [0.05, 0.1) is 50.0 Å². The van der Waals surface area contributed by atoms with Gasteiger partial charge in [-0.2, -0.15) is 0 Å². The first kappa shape index (κ1) is 59.7. The number of benzene rings is 16. The van der Waals surface area contributed by atoms with E-state index in [9.17, 15) is 0 Å². The topological polar surface area (TPSA) is 22.8 Å². The standard InChI is InChI=1S/C101H61N3S2/c1-4-25-62(26-5-1)63-47-50-68(51-48-63)103-89-44-21-15-35-75(89)76-52-54-86-99(97(76)103)106-94-46-23-20-42-83(94)101(86)81-40-18-14-36-77(81)95-70(37-24-43-84(95)101)66-49-56-91-78(59-66)96-92(58-55-85-98(96)105-93-45-22-19-41-82(93)100(85)79-38-16-12-32-72(79)73-33-13-17-39-80(73)100)104(91)90-57-53-69(71-31-10-11-34-74(71)90)67-60-87(64-27-6-2-7-28-64)102-88(61-67)65-29-8-3-9-30-65/h1-61H. The van der Waals surface area contributed by atoms with Crippen LogP contribution >= 0.6 is 23.5 Å². The Hall–Kier alpha value is -12.8. The minimum absolute atomic E-state index is 0.573. The first-order valence-electron chi connectivity index (χ1n) is 36.6. The predicted octanol–water partition coefficient (Wildman–Crippen LogP) is 26.4. The number of rotatable bonds is 7. The smallest absolute Gasteiger partial charge is 0.0736 e. The molecule has 5 heterocycles. The molecule has 492 valence electrons. The van der Waals surface area contributed by atoms with Crippen molar-refractivity contribution < 1.29 is 0 Å². The van der Waals surface area contributed by atoms with Crippen molar-refractivity contribution in [2.24, 2.45) is 0 Å². The molecule has 0 saturated heterocycles. The zero-order valence-corrected chi connectivity index (χ0v) is 59.0. The number of hydrogen-bond donors (Lipinski definition) is 0. The summed E-state index contributed by atoms with van der Waals surface area (Å²) in [5, 5.41) is 7.30. The minimum Gasteiger partial charge on any atom is -0.309 e. The van der Waals surface area contributed by atoms with Gasteiger partial charge >= 0.3 is 0 Å². The Labute approximate surface area is 622 Å². The largest absolute Gasteiger partial charge is 0.309 e. The molecule has 0 amide bonds. The van der Waals surface area contributed by atoms with Crippen molar-refractivity contribution in [2.75, 3.05) is 0 Å². The van der Waals surface area contributed by atoms with Crippen LogP contribution in [0.15, 0.2) is 390 Å². The monoisotopic (exact) mass is 1380 g/mol. The fraction of sp³-hybridized carbons (Fsp3) is 0.0198. The van der Waals surface area contributed by atoms with Crippen LogP contribution in [0.2, 0.25) is 0 Å². The lowest BCUT2D eigenvalue weighted by Crippen LogP contribution is -2.32. The van der Waals surface area contributed by atoms with Crippen LogP contribution in [0.1, 0.15) is 44.5 Å². The number of pyridine rings is 1. The van der Waals surface area contributed by atoms with Crippen LogP contribution < -0.4 is 0 Å². The van der Waals surface area contributed by atoms with Crippen molar-refractivity contribution in [1.29, 1.82) is 0 Å². The zero-order chi connectivity index (χ0) is 69.3. The zero-order valence-electron chi connectivity index (χ0n) is 57.4. The minimum atomic E-state index is -0.660. The van der Waals surface area contributed by atoms with Crippen LogP contribution in [-0.4, -0.2) is 14.1 Å². The lowest BCUT2D eigenvalue weighted by atomic mass is 9.67. The SMILES string of the molecule is c1ccc(-c2ccc(-n3c4ccccc4c4ccc5c(c43)Sc3ccccc3C53c4ccccc4-c4c(-c5ccc6c(c5)c5c7c(ccc5n6-c5ccc(-c6cc(-c8ccccc8)nc(-c8ccccc8)c6)c6ccccc56)C5(c6ccccc6S7)c6ccccc6-c6ccccc65)cccc43)cc2)cc1. The van der Waals surface area contributed by atoms with Crippen LogP contribution in [0, 0.1) is 0 Å². The van der Waals surface area contributed by atoms with Crippen LogP contribution in [0.4, 0.5) is 0 Å². The summed E-state index contributed by atoms with van der Waals surface area (Å²) in [7, 11) is 0. The van der Waals surface area contributed by atoms with Crippen molar-refractivity contribution in [2.45, 2.75) is 30.4 Å². The molecule has 2 spiro atoms. The molecule has 3 nitrogen and oxygen atoms in total. The van der Waals surface area contributed by atoms with E-state index in [4.69, 9.17) is 4.98 Å². The average Bonchev–Trinajstić information content (AvgIpc) is 1.51. The van der Waals surface area contributed by atoms with Crippen LogP contribution in [-0.2, 0) is 10.8 Å². The van der Waals surface area contributed by atoms with Crippen molar-refractivity contribution in [1.82, 2.24) is 14.1 Å². The summed E-state index contributed by atoms with van der Waals surface area (Å²) in [6.07, 6.45) is 0. The van der Waals surface area contributed by atoms with Gasteiger partial charge in [0.25, 0.3) is 0 Å². The quantitative estimate of drug-likeness (QED) is 0.159. The number of para-hydroxylation sites is 1. The van der Waals surface area contributed by atoms with Crippen LogP contribution in [0.5, 0.6) is 0 Å². The molecule has 19 aromatic rings. The number of aromatic nitrogens is 3. The van der Waals surface area contributed by atoms with Crippen molar-refractivity contribution in [3.05, 3.63) is 415 Å². The highest BCUT2D eigenvalue weighted by Gasteiger charge is 2.53. The maximum atomic E-state index is 5.34. The van der Waals surface area contributed by atoms with Gasteiger partial charge < -0.3 is 9.13 Å². The second-order valence-electron chi connectivity index (χ2n) is 28.6. The summed E-state index contributed by atoms with van der Waals surface area (Å²) in [5.41, 5.74) is 32.5. The third-order valence-corrected chi connectivity index (χ3v) is 25.9. The van der Waals surface area contributed by atoms with Gasteiger partial charge in [0.1, 0.15) is 0 Å². The van der Waals surface area contributed by atoms with Gasteiger partial charge in [0.2, 0.25) is 0 Å². The molecule has 1 unspecified atom stereocenters. The predicted molar refractivity (Wildman–Crippen MR) is 440 cm³/mol. The van der Waals surface area contributed by atoms with Crippen molar-refractivity contribution in [3.8, 4) is 89.5 Å². The van der Waals surface area contributed by atoms with Gasteiger partial charge in [-0.3, -0.25) is 0 Å². The number of nitrogens with zero attached hydrogens (tertiary/aromatic N) is 3. The maximum Gasteiger partial charge on any atom is 0.0736 e. The summed E-state index contributed by atoms with van der Waals surface area (Å²) < 4.78 is 5.13. The van der Waals surface area contributed by atoms with Gasteiger partial charge in [0.15, 0.2) is 0 Å². The average molecular weight is 1380 g/mol. The molecule has 4 aliphatic rings. The second-order valence-corrected chi connectivity index (χ2v) is 30.7. The molecular weight excluding hydrogens is 1320 g/mol. The summed E-state index contributed by atoms with van der Waals surface area (Å²) in [5.74, 6) is 0. The Morgan fingerprint density at radius 2 is 0.726 bits per heavy atom. The van der Waals surface area contributed by atoms with E-state index in [2.05, 4.69) is 379 Å². The molecular formula is C101H61N3S2. The molecule has 16 aromatic carbocycles. The van der Waals surface area contributed by atoms with E-state index in [1.807, 2.05) is 23.5 Å². The maximum absolute atomic E-state index is 5.34. The van der Waals surface area contributed by atoms with Gasteiger partial charge in [0, 0.05) is 63.3 Å². The molecule has 0 fully saturated rings. The van der Waals surface area contributed by atoms with E-state index >= 15 is 0 Å². The van der Waals surface area contributed by atoms with E-state index in [-0.39, 0.29) is 0 Å². The van der Waals surface area contributed by atoms with Gasteiger partial charge in [-0.25, -0.2) is 4.98 Å². The third-order valence-electron chi connectivity index (χ3n) is 23.5. The fourth-order valence-corrected chi connectivity index (χ4v) is 21.8. The first-order chi connectivity index (χ1) is 52.6. The van der Waals surface area contributed by atoms with Gasteiger partial charge in [-0.15, -0.1) is 0 Å². The van der Waals surface area contributed by atoms with E-state index in [1.165, 1.54) is 157 Å². The Bertz CT molecular complexity index is 6840. The molecule has 0 bridgehead atoms. The third kappa shape index (κ3) is 8.24. The Morgan fingerprint density at radius 3 is 1.41 bits per heavy atom. The fourth-order valence-electron chi connectivity index (χ4n) is 19.2. The van der Waals surface area contributed by atoms with Gasteiger partial charge in [-0.05, 0) is 172 Å². The molecule has 2 aliphatic carbocycles. The number of hydrogen-bond acceptors (Lipinski definition) is 3. The summed E-state index contributed by atoms with van der Waals surface area (Å²) in [6, 6.07) is 139. The lowest BCUT2D eigenvalue weighted by molar-refractivity contribution is 0.724. The Kier molecular flexibility index (Phi) is 12.9. The summed E-state index contributed by atoms with van der Waals surface area (Å²) >= 11 is 3.87. The molecule has 0 N–H and O–H groups in total. The lowest BCUT2D eigenvalue weighted by Gasteiger charge is -2.40. The van der Waals surface area contributed by atoms with E-state index in [1.54, 1.807) is 0 Å². The highest BCUT2D eigenvalue weighted by Crippen LogP contribution is 2.67. The van der Waals surface area contributed by atoms with Gasteiger partial charge in [-0.1, -0.05) is 327 Å². The molecule has 3 aromatic heterocycles. The second kappa shape index (κ2) is 22.9. The first-order valence-corrected chi connectivity index (χ1v) is 38.2. The molecule has 0 saturated carbocycles. The molecule has 1 atom stereocenters. The Balaban J connectivity index is 0.776. The molecule has 0 radical (unpaired) electrons. The van der Waals surface area contributed by atoms with Crippen molar-refractivity contribution in [3.63, 3.8) is 0 Å². The molecule has 106 heavy (non-hydrogen) atoms. The summed E-state index contributed by atoms with van der Waals surface area (Å²) in [6.45, 7) is 0. The highest BCUT2D eigenvalue weighted by molar-refractivity contribution is 8.00.